The van der Waals surface area contributed by atoms with E-state index in [0.29, 0.717) is 23.1 Å². The van der Waals surface area contributed by atoms with Crippen molar-refractivity contribution in [3.05, 3.63) is 47.9 Å². The van der Waals surface area contributed by atoms with Crippen LogP contribution >= 0.6 is 0 Å². The van der Waals surface area contributed by atoms with Crippen molar-refractivity contribution in [1.29, 1.82) is 0 Å². The minimum Gasteiger partial charge on any atom is -0.462 e. The topological polar surface area (TPSA) is 93.2 Å². The van der Waals surface area contributed by atoms with E-state index in [0.717, 1.165) is 12.8 Å². The maximum absolute atomic E-state index is 12.5. The summed E-state index contributed by atoms with van der Waals surface area (Å²) in [7, 11) is 0. The number of aromatic nitrogens is 2. The zero-order chi connectivity index (χ0) is 19.8. The molecule has 0 spiro atoms. The van der Waals surface area contributed by atoms with Gasteiger partial charge in [0.2, 0.25) is 0 Å². The number of ether oxygens (including phenoxy) is 1. The van der Waals surface area contributed by atoms with E-state index in [1.807, 2.05) is 0 Å². The molecule has 3 rings (SSSR count). The molecule has 1 fully saturated rings. The highest BCUT2D eigenvalue weighted by atomic mass is 16.5. The number of benzene rings is 1. The number of carbonyl (C=O) groups is 2. The van der Waals surface area contributed by atoms with E-state index in [9.17, 15) is 9.59 Å². The molecule has 0 unspecified atom stereocenters. The van der Waals surface area contributed by atoms with E-state index in [1.165, 1.54) is 31.9 Å². The van der Waals surface area contributed by atoms with Gasteiger partial charge in [0.25, 0.3) is 5.91 Å². The fourth-order valence-corrected chi connectivity index (χ4v) is 3.32. The smallest absolute Gasteiger partial charge is 0.340 e. The van der Waals surface area contributed by atoms with Gasteiger partial charge in [-0.15, -0.1) is 0 Å². The number of carbonyl (C=O) groups excluding carboxylic acids is 2. The Kier molecular flexibility index (Phi) is 6.94. The quantitative estimate of drug-likeness (QED) is 0.578. The molecule has 1 amide bonds. The van der Waals surface area contributed by atoms with Gasteiger partial charge < -0.3 is 15.4 Å². The second kappa shape index (κ2) is 9.82. The molecule has 148 valence electrons. The third-order valence-corrected chi connectivity index (χ3v) is 4.76. The lowest BCUT2D eigenvalue weighted by Crippen LogP contribution is -2.20. The van der Waals surface area contributed by atoms with Crippen molar-refractivity contribution >= 4 is 23.4 Å². The van der Waals surface area contributed by atoms with E-state index >= 15 is 0 Å². The van der Waals surface area contributed by atoms with Gasteiger partial charge in [0.1, 0.15) is 11.5 Å². The molecule has 28 heavy (non-hydrogen) atoms. The molecule has 1 aromatic carbocycles. The van der Waals surface area contributed by atoms with Gasteiger partial charge in [-0.25, -0.2) is 14.8 Å². The van der Waals surface area contributed by atoms with Crippen LogP contribution in [0.3, 0.4) is 0 Å². The highest BCUT2D eigenvalue weighted by Crippen LogP contribution is 2.20. The molecule has 0 aliphatic heterocycles. The molecule has 7 nitrogen and oxygen atoms in total. The van der Waals surface area contributed by atoms with Gasteiger partial charge in [0.05, 0.1) is 30.3 Å². The summed E-state index contributed by atoms with van der Waals surface area (Å²) < 4.78 is 5.03. The first kappa shape index (κ1) is 19.8. The number of hydrogen-bond donors (Lipinski definition) is 2. The van der Waals surface area contributed by atoms with Gasteiger partial charge in [0.15, 0.2) is 0 Å². The summed E-state index contributed by atoms with van der Waals surface area (Å²) in [5.74, 6) is -0.229. The Bertz CT molecular complexity index is 800. The van der Waals surface area contributed by atoms with Gasteiger partial charge in [-0.2, -0.15) is 0 Å². The minimum atomic E-state index is -0.479. The van der Waals surface area contributed by atoms with Gasteiger partial charge in [-0.3, -0.25) is 4.79 Å². The molecule has 1 heterocycles. The zero-order valence-electron chi connectivity index (χ0n) is 16.1. The fourth-order valence-electron chi connectivity index (χ4n) is 3.32. The highest BCUT2D eigenvalue weighted by molar-refractivity contribution is 6.06. The number of para-hydroxylation sites is 1. The predicted octanol–water partition coefficient (Wildman–Crippen LogP) is 4.04. The summed E-state index contributed by atoms with van der Waals surface area (Å²) in [6.45, 7) is 2.00. The number of anilines is 2. The molecule has 0 saturated heterocycles. The number of rotatable bonds is 6. The highest BCUT2D eigenvalue weighted by Gasteiger charge is 2.17. The predicted molar refractivity (Wildman–Crippen MR) is 107 cm³/mol. The van der Waals surface area contributed by atoms with Crippen molar-refractivity contribution < 1.29 is 14.3 Å². The Morgan fingerprint density at radius 1 is 1.07 bits per heavy atom. The number of amides is 1. The first-order valence-corrected chi connectivity index (χ1v) is 9.83. The minimum absolute atomic E-state index is 0.185. The van der Waals surface area contributed by atoms with E-state index < -0.39 is 11.9 Å². The van der Waals surface area contributed by atoms with E-state index in [2.05, 4.69) is 20.6 Å². The lowest BCUT2D eigenvalue weighted by Gasteiger charge is -2.16. The summed E-state index contributed by atoms with van der Waals surface area (Å²) >= 11 is 0. The van der Waals surface area contributed by atoms with Crippen molar-refractivity contribution in [3.8, 4) is 0 Å². The number of esters is 1. The molecule has 1 aliphatic rings. The van der Waals surface area contributed by atoms with Crippen LogP contribution in [0.15, 0.2) is 36.7 Å². The molecule has 0 radical (unpaired) electrons. The molecule has 1 aliphatic carbocycles. The Labute approximate surface area is 164 Å². The summed E-state index contributed by atoms with van der Waals surface area (Å²) in [4.78, 5) is 33.1. The Morgan fingerprint density at radius 3 is 2.50 bits per heavy atom. The van der Waals surface area contributed by atoms with Crippen LogP contribution in [0.25, 0.3) is 0 Å². The van der Waals surface area contributed by atoms with Crippen LogP contribution in [0.5, 0.6) is 0 Å². The molecule has 1 saturated carbocycles. The number of nitrogens with one attached hydrogen (secondary N) is 2. The van der Waals surface area contributed by atoms with E-state index in [4.69, 9.17) is 4.74 Å². The molecular weight excluding hydrogens is 356 g/mol. The van der Waals surface area contributed by atoms with Crippen LogP contribution < -0.4 is 10.6 Å². The number of hydrogen-bond acceptors (Lipinski definition) is 6. The summed E-state index contributed by atoms with van der Waals surface area (Å²) in [6.07, 6.45) is 10.3. The second-order valence-electron chi connectivity index (χ2n) is 6.84. The summed E-state index contributed by atoms with van der Waals surface area (Å²) in [6, 6.07) is 7.13. The van der Waals surface area contributed by atoms with Gasteiger partial charge in [-0.05, 0) is 31.9 Å². The van der Waals surface area contributed by atoms with Crippen LogP contribution in [0, 0.1) is 0 Å². The molecule has 2 aromatic rings. The van der Waals surface area contributed by atoms with Crippen LogP contribution in [0.2, 0.25) is 0 Å². The molecule has 1 aromatic heterocycles. The Hall–Kier alpha value is -2.96. The summed E-state index contributed by atoms with van der Waals surface area (Å²) in [5.41, 5.74) is 0.871. The van der Waals surface area contributed by atoms with Crippen molar-refractivity contribution in [3.63, 3.8) is 0 Å². The lowest BCUT2D eigenvalue weighted by molar-refractivity contribution is 0.0527. The lowest BCUT2D eigenvalue weighted by atomic mass is 10.1. The first-order chi connectivity index (χ1) is 13.7. The average molecular weight is 382 g/mol. The normalized spacial score (nSPS) is 14.8. The maximum atomic E-state index is 12.5. The van der Waals surface area contributed by atoms with Crippen LogP contribution in [0.1, 0.15) is 66.3 Å². The van der Waals surface area contributed by atoms with Crippen molar-refractivity contribution in [2.24, 2.45) is 0 Å². The SMILES string of the molecule is CCOC(=O)c1ccccc1NC(=O)c1cnc(NC2CCCCCC2)cn1. The van der Waals surface area contributed by atoms with E-state index in [1.54, 1.807) is 37.4 Å². The molecule has 0 atom stereocenters. The van der Waals surface area contributed by atoms with Gasteiger partial charge in [-0.1, -0.05) is 37.8 Å². The van der Waals surface area contributed by atoms with Crippen molar-refractivity contribution in [2.45, 2.75) is 51.5 Å². The van der Waals surface area contributed by atoms with Gasteiger partial charge >= 0.3 is 5.97 Å². The average Bonchev–Trinajstić information content (AvgIpc) is 2.98. The van der Waals surface area contributed by atoms with E-state index in [-0.39, 0.29) is 12.3 Å². The maximum Gasteiger partial charge on any atom is 0.340 e. The third-order valence-electron chi connectivity index (χ3n) is 4.76. The molecule has 2 N–H and O–H groups in total. The van der Waals surface area contributed by atoms with Crippen molar-refractivity contribution in [2.75, 3.05) is 17.2 Å². The molecule has 0 bridgehead atoms. The number of nitrogens with zero attached hydrogens (tertiary/aromatic N) is 2. The standard InChI is InChI=1S/C21H26N4O3/c1-2-28-21(27)16-11-7-8-12-17(16)25-20(26)18-13-23-19(14-22-18)24-15-9-5-3-4-6-10-15/h7-8,11-15H,2-6,9-10H2,1H3,(H,23,24)(H,25,26). The first-order valence-electron chi connectivity index (χ1n) is 9.83. The molecular formula is C21H26N4O3. The van der Waals surface area contributed by atoms with Crippen LogP contribution in [-0.4, -0.2) is 34.5 Å². The largest absolute Gasteiger partial charge is 0.462 e. The Morgan fingerprint density at radius 2 is 1.82 bits per heavy atom. The Balaban J connectivity index is 1.64. The third kappa shape index (κ3) is 5.28. The van der Waals surface area contributed by atoms with Crippen LogP contribution in [-0.2, 0) is 4.74 Å². The van der Waals surface area contributed by atoms with Crippen molar-refractivity contribution in [1.82, 2.24) is 9.97 Å². The molecule has 7 heteroatoms. The van der Waals surface area contributed by atoms with Gasteiger partial charge in [0, 0.05) is 6.04 Å². The zero-order valence-corrected chi connectivity index (χ0v) is 16.1. The van der Waals surface area contributed by atoms with Crippen LogP contribution in [0.4, 0.5) is 11.5 Å². The fraction of sp³-hybridized carbons (Fsp3) is 0.429. The monoisotopic (exact) mass is 382 g/mol. The second-order valence-corrected chi connectivity index (χ2v) is 6.84. The summed E-state index contributed by atoms with van der Waals surface area (Å²) in [5, 5.41) is 6.12.